The summed E-state index contributed by atoms with van der Waals surface area (Å²) < 4.78 is 16.2. The van der Waals surface area contributed by atoms with Crippen molar-refractivity contribution in [3.63, 3.8) is 0 Å². The monoisotopic (exact) mass is 529 g/mol. The molecular weight excluding hydrogens is 497 g/mol. The zero-order chi connectivity index (χ0) is 21.1. The van der Waals surface area contributed by atoms with Gasteiger partial charge in [0.15, 0.2) is 17.5 Å². The third kappa shape index (κ3) is 7.81. The number of guanidine groups is 1. The van der Waals surface area contributed by atoms with E-state index in [1.165, 1.54) is 5.56 Å². The van der Waals surface area contributed by atoms with E-state index in [0.29, 0.717) is 24.9 Å². The van der Waals surface area contributed by atoms with E-state index >= 15 is 0 Å². The first-order valence-electron chi connectivity index (χ1n) is 9.71. The molecule has 0 saturated carbocycles. The molecule has 3 N–H and O–H groups in total. The summed E-state index contributed by atoms with van der Waals surface area (Å²) in [6.07, 6.45) is 1.84. The highest BCUT2D eigenvalue weighted by Gasteiger charge is 2.07. The summed E-state index contributed by atoms with van der Waals surface area (Å²) in [5, 5.41) is 16.5. The van der Waals surface area contributed by atoms with Gasteiger partial charge in [0.05, 0.1) is 20.8 Å². The lowest BCUT2D eigenvalue weighted by molar-refractivity contribution is 0.310. The number of nitrogens with zero attached hydrogens (tertiary/aromatic N) is 1. The van der Waals surface area contributed by atoms with E-state index < -0.39 is 0 Å². The van der Waals surface area contributed by atoms with Gasteiger partial charge < -0.3 is 30.0 Å². The van der Waals surface area contributed by atoms with Crippen molar-refractivity contribution in [3.8, 4) is 23.0 Å². The van der Waals surface area contributed by atoms with Crippen molar-refractivity contribution in [2.75, 3.05) is 34.4 Å². The smallest absolute Gasteiger partial charge is 0.191 e. The maximum Gasteiger partial charge on any atom is 0.191 e. The molecule has 2 rings (SSSR count). The molecule has 0 saturated heterocycles. The molecule has 0 aliphatic carbocycles. The molecule has 2 aromatic rings. The lowest BCUT2D eigenvalue weighted by atomic mass is 10.1. The van der Waals surface area contributed by atoms with Crippen molar-refractivity contribution in [2.45, 2.75) is 26.3 Å². The third-order valence-corrected chi connectivity index (χ3v) is 4.42. The standard InChI is InChI=1S/C22H31N3O4.HI/c1-5-29-21-13-16(8-11-20(21)28-4)7-6-12-24-22(23-2)25-15-17-14-18(27-3)9-10-19(17)26;/h8-11,13-14,26H,5-7,12,15H2,1-4H3,(H2,23,24,25);1H. The second kappa shape index (κ2) is 13.8. The maximum atomic E-state index is 9.98. The van der Waals surface area contributed by atoms with Crippen molar-refractivity contribution in [1.82, 2.24) is 10.6 Å². The average Bonchev–Trinajstić information content (AvgIpc) is 2.74. The molecule has 2 aromatic carbocycles. The molecule has 0 radical (unpaired) electrons. The predicted molar refractivity (Wildman–Crippen MR) is 131 cm³/mol. The summed E-state index contributed by atoms with van der Waals surface area (Å²) in [6, 6.07) is 11.2. The Labute approximate surface area is 195 Å². The van der Waals surface area contributed by atoms with Crippen LogP contribution in [0.3, 0.4) is 0 Å². The van der Waals surface area contributed by atoms with Gasteiger partial charge in [0.1, 0.15) is 11.5 Å². The molecule has 0 atom stereocenters. The number of methoxy groups -OCH3 is 2. The van der Waals surface area contributed by atoms with Gasteiger partial charge in [0.25, 0.3) is 0 Å². The Morgan fingerprint density at radius 3 is 2.50 bits per heavy atom. The molecule has 0 aliphatic rings. The van der Waals surface area contributed by atoms with Crippen molar-refractivity contribution in [3.05, 3.63) is 47.5 Å². The summed E-state index contributed by atoms with van der Waals surface area (Å²) in [5.74, 6) is 3.12. The van der Waals surface area contributed by atoms with Gasteiger partial charge in [-0.05, 0) is 55.7 Å². The molecule has 166 valence electrons. The number of aliphatic imine (C=N–C) groups is 1. The average molecular weight is 529 g/mol. The first kappa shape index (κ1) is 25.7. The number of aryl methyl sites for hydroxylation is 1. The van der Waals surface area contributed by atoms with Crippen LogP contribution in [0, 0.1) is 0 Å². The number of phenols is 1. The van der Waals surface area contributed by atoms with E-state index in [0.717, 1.165) is 36.4 Å². The van der Waals surface area contributed by atoms with Gasteiger partial charge in [-0.2, -0.15) is 0 Å². The van der Waals surface area contributed by atoms with E-state index in [1.54, 1.807) is 39.5 Å². The molecule has 0 bridgehead atoms. The van der Waals surface area contributed by atoms with Crippen molar-refractivity contribution in [2.24, 2.45) is 4.99 Å². The second-order valence-electron chi connectivity index (χ2n) is 6.37. The van der Waals surface area contributed by atoms with Crippen LogP contribution in [0.5, 0.6) is 23.0 Å². The minimum absolute atomic E-state index is 0. The summed E-state index contributed by atoms with van der Waals surface area (Å²) in [7, 11) is 4.97. The van der Waals surface area contributed by atoms with E-state index in [2.05, 4.69) is 21.7 Å². The lowest BCUT2D eigenvalue weighted by Gasteiger charge is -2.14. The Kier molecular flexibility index (Phi) is 11.8. The minimum atomic E-state index is 0. The molecular formula is C22H32IN3O4. The highest BCUT2D eigenvalue weighted by molar-refractivity contribution is 14.0. The highest BCUT2D eigenvalue weighted by atomic mass is 127. The zero-order valence-corrected chi connectivity index (χ0v) is 20.4. The fourth-order valence-electron chi connectivity index (χ4n) is 2.87. The fraction of sp³-hybridized carbons (Fsp3) is 0.409. The van der Waals surface area contributed by atoms with Gasteiger partial charge in [0.2, 0.25) is 0 Å². The van der Waals surface area contributed by atoms with Gasteiger partial charge in [0, 0.05) is 25.7 Å². The summed E-state index contributed by atoms with van der Waals surface area (Å²) >= 11 is 0. The van der Waals surface area contributed by atoms with Crippen molar-refractivity contribution in [1.29, 1.82) is 0 Å². The lowest BCUT2D eigenvalue weighted by Crippen LogP contribution is -2.37. The highest BCUT2D eigenvalue weighted by Crippen LogP contribution is 2.28. The van der Waals surface area contributed by atoms with Crippen LogP contribution in [-0.2, 0) is 13.0 Å². The maximum absolute atomic E-state index is 9.98. The molecule has 0 amide bonds. The minimum Gasteiger partial charge on any atom is -0.508 e. The largest absolute Gasteiger partial charge is 0.508 e. The van der Waals surface area contributed by atoms with Crippen LogP contribution in [0.25, 0.3) is 0 Å². The van der Waals surface area contributed by atoms with Crippen LogP contribution in [0.1, 0.15) is 24.5 Å². The van der Waals surface area contributed by atoms with Gasteiger partial charge in [-0.1, -0.05) is 6.07 Å². The zero-order valence-electron chi connectivity index (χ0n) is 18.0. The quantitative estimate of drug-likeness (QED) is 0.188. The number of ether oxygens (including phenoxy) is 3. The van der Waals surface area contributed by atoms with Crippen LogP contribution in [-0.4, -0.2) is 45.5 Å². The molecule has 30 heavy (non-hydrogen) atoms. The van der Waals surface area contributed by atoms with Gasteiger partial charge in [-0.25, -0.2) is 0 Å². The topological polar surface area (TPSA) is 84.3 Å². The molecule has 0 heterocycles. The molecule has 8 heteroatoms. The molecule has 7 nitrogen and oxygen atoms in total. The number of rotatable bonds is 10. The summed E-state index contributed by atoms with van der Waals surface area (Å²) in [4.78, 5) is 4.23. The summed E-state index contributed by atoms with van der Waals surface area (Å²) in [6.45, 7) is 3.77. The Bertz CT molecular complexity index is 815. The van der Waals surface area contributed by atoms with Crippen LogP contribution in [0.4, 0.5) is 0 Å². The molecule has 0 fully saturated rings. The third-order valence-electron chi connectivity index (χ3n) is 4.42. The van der Waals surface area contributed by atoms with E-state index in [1.807, 2.05) is 19.1 Å². The molecule has 0 aliphatic heterocycles. The second-order valence-corrected chi connectivity index (χ2v) is 6.37. The SMILES string of the molecule is CCOc1cc(CCCNC(=NC)NCc2cc(OC)ccc2O)ccc1OC.I. The van der Waals surface area contributed by atoms with Crippen molar-refractivity contribution < 1.29 is 19.3 Å². The first-order chi connectivity index (χ1) is 14.1. The Morgan fingerprint density at radius 1 is 1.03 bits per heavy atom. The van der Waals surface area contributed by atoms with Crippen molar-refractivity contribution >= 4 is 29.9 Å². The Balaban J connectivity index is 0.00000450. The van der Waals surface area contributed by atoms with Crippen LogP contribution in [0.2, 0.25) is 0 Å². The van der Waals surface area contributed by atoms with Gasteiger partial charge in [-0.3, -0.25) is 4.99 Å². The van der Waals surface area contributed by atoms with E-state index in [-0.39, 0.29) is 29.7 Å². The fourth-order valence-corrected chi connectivity index (χ4v) is 2.87. The number of nitrogens with one attached hydrogen (secondary N) is 2. The Hall–Kier alpha value is -2.36. The van der Waals surface area contributed by atoms with E-state index in [4.69, 9.17) is 14.2 Å². The number of hydrogen-bond donors (Lipinski definition) is 3. The number of phenolic OH excluding ortho intramolecular Hbond substituents is 1. The van der Waals surface area contributed by atoms with Crippen LogP contribution >= 0.6 is 24.0 Å². The normalized spacial score (nSPS) is 10.7. The van der Waals surface area contributed by atoms with Gasteiger partial charge >= 0.3 is 0 Å². The first-order valence-corrected chi connectivity index (χ1v) is 9.71. The number of aromatic hydroxyl groups is 1. The summed E-state index contributed by atoms with van der Waals surface area (Å²) in [5.41, 5.74) is 1.94. The molecule has 0 spiro atoms. The Morgan fingerprint density at radius 2 is 1.83 bits per heavy atom. The van der Waals surface area contributed by atoms with Crippen LogP contribution in [0.15, 0.2) is 41.4 Å². The molecule has 0 unspecified atom stereocenters. The van der Waals surface area contributed by atoms with E-state index in [9.17, 15) is 5.11 Å². The number of benzene rings is 2. The molecule has 0 aromatic heterocycles. The number of halogens is 1. The van der Waals surface area contributed by atoms with Crippen LogP contribution < -0.4 is 24.8 Å². The number of hydrogen-bond acceptors (Lipinski definition) is 5. The predicted octanol–water partition coefficient (Wildman–Crippen LogP) is 3.72. The van der Waals surface area contributed by atoms with Gasteiger partial charge in [-0.15, -0.1) is 24.0 Å².